The average molecular weight is 521 g/mol. The van der Waals surface area contributed by atoms with Gasteiger partial charge < -0.3 is 20.1 Å². The fourth-order valence-electron chi connectivity index (χ4n) is 4.02. The quantitative estimate of drug-likeness (QED) is 0.250. The molecule has 2 aromatic heterocycles. The highest BCUT2D eigenvalue weighted by Crippen LogP contribution is 2.29. The van der Waals surface area contributed by atoms with E-state index in [-0.39, 0.29) is 12.5 Å². The second-order valence-electron chi connectivity index (χ2n) is 8.88. The van der Waals surface area contributed by atoms with Crippen molar-refractivity contribution < 1.29 is 14.3 Å². The number of pyridine rings is 1. The molecule has 196 valence electrons. The first kappa shape index (κ1) is 25.5. The lowest BCUT2D eigenvalue weighted by molar-refractivity contribution is 0.0951. The van der Waals surface area contributed by atoms with Crippen LogP contribution in [0.1, 0.15) is 27.2 Å². The molecule has 0 radical (unpaired) electrons. The molecular weight excluding hydrogens is 492 g/mol. The van der Waals surface area contributed by atoms with Gasteiger partial charge in [-0.1, -0.05) is 41.6 Å². The molecule has 0 spiro atoms. The van der Waals surface area contributed by atoms with Crippen LogP contribution in [0.25, 0.3) is 0 Å². The first-order valence-electron chi connectivity index (χ1n) is 12.4. The number of aromatic nitrogens is 4. The Morgan fingerprint density at radius 3 is 2.64 bits per heavy atom. The molecule has 5 aromatic rings. The van der Waals surface area contributed by atoms with Crippen molar-refractivity contribution in [2.75, 3.05) is 12.4 Å². The van der Waals surface area contributed by atoms with Crippen LogP contribution < -0.4 is 20.1 Å². The van der Waals surface area contributed by atoms with E-state index >= 15 is 0 Å². The summed E-state index contributed by atoms with van der Waals surface area (Å²) < 4.78 is 13.1. The third-order valence-electron chi connectivity index (χ3n) is 5.90. The molecule has 5 rings (SSSR count). The number of hydrogen-bond donors (Lipinski definition) is 2. The van der Waals surface area contributed by atoms with E-state index in [0.717, 1.165) is 28.3 Å². The Hall–Kier alpha value is -5.18. The molecule has 0 aliphatic heterocycles. The number of carbonyl (C=O) groups is 1. The molecule has 0 bridgehead atoms. The highest BCUT2D eigenvalue weighted by Gasteiger charge is 2.15. The molecule has 9 nitrogen and oxygen atoms in total. The van der Waals surface area contributed by atoms with Crippen molar-refractivity contribution in [1.29, 1.82) is 0 Å². The van der Waals surface area contributed by atoms with Gasteiger partial charge in [0.25, 0.3) is 5.91 Å². The van der Waals surface area contributed by atoms with Gasteiger partial charge in [0.1, 0.15) is 28.8 Å². The van der Waals surface area contributed by atoms with Crippen molar-refractivity contribution in [1.82, 2.24) is 25.3 Å². The number of rotatable bonds is 10. The van der Waals surface area contributed by atoms with E-state index in [9.17, 15) is 4.79 Å². The minimum atomic E-state index is -0.280. The summed E-state index contributed by atoms with van der Waals surface area (Å²) in [6.07, 6.45) is 3.44. The van der Waals surface area contributed by atoms with Gasteiger partial charge >= 0.3 is 0 Å². The zero-order valence-corrected chi connectivity index (χ0v) is 21.7. The minimum Gasteiger partial charge on any atom is -0.495 e. The summed E-state index contributed by atoms with van der Waals surface area (Å²) in [6.45, 7) is 2.72. The Balaban J connectivity index is 1.21. The molecule has 9 heteroatoms. The van der Waals surface area contributed by atoms with Crippen LogP contribution in [0.2, 0.25) is 0 Å². The monoisotopic (exact) mass is 520 g/mol. The Kier molecular flexibility index (Phi) is 7.78. The SMILES string of the molecule is COc1ccc(C)cc1Nc1ncccc1C(=O)NCc1cn(Cc2cccc(Oc3ccccc3)c2)nn1. The summed E-state index contributed by atoms with van der Waals surface area (Å²) in [7, 11) is 1.60. The number of nitrogens with one attached hydrogen (secondary N) is 2. The second kappa shape index (κ2) is 11.9. The van der Waals surface area contributed by atoms with Gasteiger partial charge in [-0.25, -0.2) is 9.67 Å². The Morgan fingerprint density at radius 1 is 0.949 bits per heavy atom. The molecule has 39 heavy (non-hydrogen) atoms. The van der Waals surface area contributed by atoms with Gasteiger partial charge in [-0.15, -0.1) is 5.10 Å². The van der Waals surface area contributed by atoms with Gasteiger partial charge in [-0.2, -0.15) is 0 Å². The van der Waals surface area contributed by atoms with E-state index in [1.54, 1.807) is 30.1 Å². The maximum atomic E-state index is 13.0. The number of nitrogens with zero attached hydrogens (tertiary/aromatic N) is 4. The van der Waals surface area contributed by atoms with Crippen molar-refractivity contribution in [2.45, 2.75) is 20.0 Å². The lowest BCUT2D eigenvalue weighted by Crippen LogP contribution is -2.24. The number of amides is 1. The van der Waals surface area contributed by atoms with Crippen LogP contribution in [-0.4, -0.2) is 33.0 Å². The number of hydrogen-bond acceptors (Lipinski definition) is 7. The fourth-order valence-corrected chi connectivity index (χ4v) is 4.02. The van der Waals surface area contributed by atoms with Crippen LogP contribution in [-0.2, 0) is 13.1 Å². The van der Waals surface area contributed by atoms with E-state index in [1.165, 1.54) is 0 Å². The smallest absolute Gasteiger partial charge is 0.255 e. The van der Waals surface area contributed by atoms with Gasteiger partial charge in [-0.3, -0.25) is 4.79 Å². The standard InChI is InChI=1S/C30H28N6O3/c1-21-13-14-28(38-2)27(16-21)33-29-26(12-7-15-31-29)30(37)32-18-23-20-36(35-34-23)19-22-8-6-11-25(17-22)39-24-9-4-3-5-10-24/h3-17,20H,18-19H2,1-2H3,(H,31,33)(H,32,37). The Labute approximate surface area is 226 Å². The van der Waals surface area contributed by atoms with Crippen LogP contribution >= 0.6 is 0 Å². The molecule has 0 saturated heterocycles. The van der Waals surface area contributed by atoms with Gasteiger partial charge in [-0.05, 0) is 66.6 Å². The Morgan fingerprint density at radius 2 is 1.79 bits per heavy atom. The molecule has 0 fully saturated rings. The molecular formula is C30H28N6O3. The van der Waals surface area contributed by atoms with E-state index in [4.69, 9.17) is 9.47 Å². The summed E-state index contributed by atoms with van der Waals surface area (Å²) in [4.78, 5) is 17.4. The number of anilines is 2. The maximum absolute atomic E-state index is 13.0. The average Bonchev–Trinajstić information content (AvgIpc) is 3.40. The zero-order valence-electron chi connectivity index (χ0n) is 21.7. The lowest BCUT2D eigenvalue weighted by atomic mass is 10.2. The van der Waals surface area contributed by atoms with Crippen molar-refractivity contribution in [2.24, 2.45) is 0 Å². The summed E-state index contributed by atoms with van der Waals surface area (Å²) in [6, 6.07) is 26.7. The molecule has 3 aromatic carbocycles. The summed E-state index contributed by atoms with van der Waals surface area (Å²) in [5.74, 6) is 2.33. The number of benzene rings is 3. The summed E-state index contributed by atoms with van der Waals surface area (Å²) >= 11 is 0. The van der Waals surface area contributed by atoms with Crippen molar-refractivity contribution in [3.63, 3.8) is 0 Å². The molecule has 0 aliphatic rings. The highest BCUT2D eigenvalue weighted by atomic mass is 16.5. The number of ether oxygens (including phenoxy) is 2. The van der Waals surface area contributed by atoms with Crippen LogP contribution in [0, 0.1) is 6.92 Å². The van der Waals surface area contributed by atoms with E-state index in [2.05, 4.69) is 25.9 Å². The van der Waals surface area contributed by atoms with Gasteiger partial charge in [0.05, 0.1) is 37.6 Å². The number of para-hydroxylation sites is 1. The topological polar surface area (TPSA) is 103 Å². The molecule has 0 saturated carbocycles. The first-order valence-corrected chi connectivity index (χ1v) is 12.4. The molecule has 2 heterocycles. The third-order valence-corrected chi connectivity index (χ3v) is 5.90. The predicted octanol–water partition coefficient (Wildman–Crippen LogP) is 5.50. The van der Waals surface area contributed by atoms with Gasteiger partial charge in [0.15, 0.2) is 0 Å². The number of aryl methyl sites for hydroxylation is 1. The highest BCUT2D eigenvalue weighted by molar-refractivity contribution is 5.99. The van der Waals surface area contributed by atoms with E-state index in [1.807, 2.05) is 85.9 Å². The van der Waals surface area contributed by atoms with E-state index in [0.29, 0.717) is 29.4 Å². The normalized spacial score (nSPS) is 10.6. The largest absolute Gasteiger partial charge is 0.495 e. The zero-order chi connectivity index (χ0) is 27.0. The van der Waals surface area contributed by atoms with Gasteiger partial charge in [0.2, 0.25) is 0 Å². The summed E-state index contributed by atoms with van der Waals surface area (Å²) in [5.41, 5.74) is 3.84. The van der Waals surface area contributed by atoms with Crippen LogP contribution in [0.15, 0.2) is 97.3 Å². The molecule has 0 aliphatic carbocycles. The first-order chi connectivity index (χ1) is 19.1. The molecule has 0 atom stereocenters. The van der Waals surface area contributed by atoms with Crippen molar-refractivity contribution in [3.05, 3.63) is 120 Å². The molecule has 0 unspecified atom stereocenters. The predicted molar refractivity (Wildman–Crippen MR) is 149 cm³/mol. The van der Waals surface area contributed by atoms with Crippen LogP contribution in [0.3, 0.4) is 0 Å². The fraction of sp³-hybridized carbons (Fsp3) is 0.133. The number of methoxy groups -OCH3 is 1. The Bertz CT molecular complexity index is 1570. The van der Waals surface area contributed by atoms with Gasteiger partial charge in [0, 0.05) is 6.20 Å². The molecule has 1 amide bonds. The van der Waals surface area contributed by atoms with Crippen molar-refractivity contribution >= 4 is 17.4 Å². The van der Waals surface area contributed by atoms with Crippen LogP contribution in [0.4, 0.5) is 11.5 Å². The second-order valence-corrected chi connectivity index (χ2v) is 8.88. The third kappa shape index (κ3) is 6.58. The van der Waals surface area contributed by atoms with Crippen molar-refractivity contribution in [3.8, 4) is 17.2 Å². The minimum absolute atomic E-state index is 0.220. The molecule has 2 N–H and O–H groups in total. The summed E-state index contributed by atoms with van der Waals surface area (Å²) in [5, 5.41) is 14.6. The van der Waals surface area contributed by atoms with Crippen LogP contribution in [0.5, 0.6) is 17.2 Å². The van der Waals surface area contributed by atoms with E-state index < -0.39 is 0 Å². The lowest BCUT2D eigenvalue weighted by Gasteiger charge is -2.14. The number of carbonyl (C=O) groups excluding carboxylic acids is 1. The maximum Gasteiger partial charge on any atom is 0.255 e.